The van der Waals surface area contributed by atoms with Gasteiger partial charge in [0.2, 0.25) is 6.79 Å². The van der Waals surface area contributed by atoms with Gasteiger partial charge in [0, 0.05) is 22.2 Å². The average molecular weight is 375 g/mol. The van der Waals surface area contributed by atoms with E-state index < -0.39 is 0 Å². The summed E-state index contributed by atoms with van der Waals surface area (Å²) in [7, 11) is 0. The molecule has 0 aliphatic carbocycles. The number of thiophene rings is 1. The van der Waals surface area contributed by atoms with Gasteiger partial charge < -0.3 is 14.8 Å². The lowest BCUT2D eigenvalue weighted by Gasteiger charge is -2.10. The van der Waals surface area contributed by atoms with E-state index in [1.807, 2.05) is 18.2 Å². The molecule has 5 rings (SSSR count). The smallest absolute Gasteiger partial charge is 0.231 e. The summed E-state index contributed by atoms with van der Waals surface area (Å²) in [6, 6.07) is 14.4. The summed E-state index contributed by atoms with van der Waals surface area (Å²) < 4.78 is 10.9. The highest BCUT2D eigenvalue weighted by atomic mass is 32.1. The predicted octanol–water partition coefficient (Wildman–Crippen LogP) is 5.45. The van der Waals surface area contributed by atoms with Gasteiger partial charge >= 0.3 is 0 Å². The van der Waals surface area contributed by atoms with Gasteiger partial charge in [-0.15, -0.1) is 11.3 Å². The predicted molar refractivity (Wildman–Crippen MR) is 108 cm³/mol. The summed E-state index contributed by atoms with van der Waals surface area (Å²) in [5.74, 6) is 2.30. The van der Waals surface area contributed by atoms with E-state index in [-0.39, 0.29) is 6.79 Å². The molecule has 2 aromatic carbocycles. The van der Waals surface area contributed by atoms with Crippen LogP contribution in [0.15, 0.2) is 48.8 Å². The first-order valence-electron chi connectivity index (χ1n) is 8.67. The fourth-order valence-corrected chi connectivity index (χ4v) is 4.33. The second-order valence-corrected chi connectivity index (χ2v) is 7.70. The Kier molecular flexibility index (Phi) is 3.72. The summed E-state index contributed by atoms with van der Waals surface area (Å²) in [5.41, 5.74) is 4.50. The van der Waals surface area contributed by atoms with Crippen LogP contribution in [0.4, 0.5) is 11.5 Å². The zero-order valence-electron chi connectivity index (χ0n) is 14.9. The Bertz CT molecular complexity index is 1150. The van der Waals surface area contributed by atoms with Crippen molar-refractivity contribution in [3.05, 3.63) is 59.2 Å². The van der Waals surface area contributed by atoms with Crippen LogP contribution in [0.25, 0.3) is 21.3 Å². The summed E-state index contributed by atoms with van der Waals surface area (Å²) in [4.78, 5) is 11.2. The van der Waals surface area contributed by atoms with Crippen LogP contribution in [0, 0.1) is 13.8 Å². The fraction of sp³-hybridized carbons (Fsp3) is 0.143. The number of anilines is 2. The first-order chi connectivity index (χ1) is 13.2. The molecule has 2 aromatic heterocycles. The SMILES string of the molecule is Cc1ccc(-c2c(C)sc3ncnc(Nc4ccc5c(c4)OCO5)c23)cc1. The van der Waals surface area contributed by atoms with E-state index in [2.05, 4.69) is 53.4 Å². The van der Waals surface area contributed by atoms with Crippen LogP contribution >= 0.6 is 11.3 Å². The molecule has 1 aliphatic rings. The topological polar surface area (TPSA) is 56.3 Å². The van der Waals surface area contributed by atoms with Crippen LogP contribution in [0.1, 0.15) is 10.4 Å². The molecule has 3 heterocycles. The standard InChI is InChI=1S/C21H17N3O2S/c1-12-3-5-14(6-4-12)18-13(2)27-21-19(18)20(22-10-23-21)24-15-7-8-16-17(9-15)26-11-25-16/h3-10H,11H2,1-2H3,(H,22,23,24). The van der Waals surface area contributed by atoms with E-state index in [0.29, 0.717) is 0 Å². The highest BCUT2D eigenvalue weighted by Crippen LogP contribution is 2.42. The Morgan fingerprint density at radius 3 is 2.63 bits per heavy atom. The number of rotatable bonds is 3. The summed E-state index contributed by atoms with van der Waals surface area (Å²) in [5, 5.41) is 4.47. The second kappa shape index (κ2) is 6.25. The maximum absolute atomic E-state index is 5.48. The zero-order valence-corrected chi connectivity index (χ0v) is 15.8. The van der Waals surface area contributed by atoms with Crippen molar-refractivity contribution < 1.29 is 9.47 Å². The summed E-state index contributed by atoms with van der Waals surface area (Å²) >= 11 is 1.69. The number of aryl methyl sites for hydroxylation is 2. The van der Waals surface area contributed by atoms with Crippen molar-refractivity contribution in [1.29, 1.82) is 0 Å². The molecule has 0 bridgehead atoms. The average Bonchev–Trinajstić information content (AvgIpc) is 3.26. The number of nitrogens with zero attached hydrogens (tertiary/aromatic N) is 2. The molecule has 0 unspecified atom stereocenters. The van der Waals surface area contributed by atoms with Gasteiger partial charge in [-0.05, 0) is 31.5 Å². The minimum absolute atomic E-state index is 0.262. The van der Waals surface area contributed by atoms with Crippen LogP contribution in [0.3, 0.4) is 0 Å². The van der Waals surface area contributed by atoms with Gasteiger partial charge in [0.05, 0.1) is 5.39 Å². The number of hydrogen-bond acceptors (Lipinski definition) is 6. The Balaban J connectivity index is 1.63. The molecule has 134 valence electrons. The highest BCUT2D eigenvalue weighted by Gasteiger charge is 2.18. The Morgan fingerprint density at radius 1 is 0.963 bits per heavy atom. The minimum Gasteiger partial charge on any atom is -0.454 e. The maximum Gasteiger partial charge on any atom is 0.231 e. The molecule has 0 fully saturated rings. The van der Waals surface area contributed by atoms with Gasteiger partial charge in [-0.1, -0.05) is 29.8 Å². The van der Waals surface area contributed by atoms with Crippen molar-refractivity contribution >= 4 is 33.1 Å². The lowest BCUT2D eigenvalue weighted by atomic mass is 10.0. The second-order valence-electron chi connectivity index (χ2n) is 6.49. The monoisotopic (exact) mass is 375 g/mol. The Morgan fingerprint density at radius 2 is 1.78 bits per heavy atom. The van der Waals surface area contributed by atoms with Crippen LogP contribution in [0.2, 0.25) is 0 Å². The quantitative estimate of drug-likeness (QED) is 0.516. The van der Waals surface area contributed by atoms with E-state index in [4.69, 9.17) is 9.47 Å². The van der Waals surface area contributed by atoms with E-state index in [1.54, 1.807) is 17.7 Å². The highest BCUT2D eigenvalue weighted by molar-refractivity contribution is 7.19. The molecule has 1 N–H and O–H groups in total. The van der Waals surface area contributed by atoms with E-state index >= 15 is 0 Å². The van der Waals surface area contributed by atoms with Gasteiger partial charge in [0.25, 0.3) is 0 Å². The number of hydrogen-bond donors (Lipinski definition) is 1. The molecular weight excluding hydrogens is 358 g/mol. The lowest BCUT2D eigenvalue weighted by molar-refractivity contribution is 0.174. The van der Waals surface area contributed by atoms with Crippen LogP contribution in [-0.4, -0.2) is 16.8 Å². The molecule has 5 nitrogen and oxygen atoms in total. The van der Waals surface area contributed by atoms with Crippen LogP contribution < -0.4 is 14.8 Å². The first-order valence-corrected chi connectivity index (χ1v) is 9.48. The molecule has 0 radical (unpaired) electrons. The third kappa shape index (κ3) is 2.78. The largest absolute Gasteiger partial charge is 0.454 e. The molecule has 1 aliphatic heterocycles. The maximum atomic E-state index is 5.48. The van der Waals surface area contributed by atoms with E-state index in [0.717, 1.165) is 33.2 Å². The summed E-state index contributed by atoms with van der Waals surface area (Å²) in [6.45, 7) is 4.49. The van der Waals surface area contributed by atoms with Crippen molar-refractivity contribution in [1.82, 2.24) is 9.97 Å². The van der Waals surface area contributed by atoms with E-state index in [9.17, 15) is 0 Å². The number of aromatic nitrogens is 2. The summed E-state index contributed by atoms with van der Waals surface area (Å²) in [6.07, 6.45) is 1.60. The van der Waals surface area contributed by atoms with Crippen molar-refractivity contribution in [2.24, 2.45) is 0 Å². The Labute approximate surface area is 160 Å². The number of fused-ring (bicyclic) bond motifs is 2. The van der Waals surface area contributed by atoms with Crippen molar-refractivity contribution in [3.63, 3.8) is 0 Å². The van der Waals surface area contributed by atoms with E-state index in [1.165, 1.54) is 21.6 Å². The lowest BCUT2D eigenvalue weighted by Crippen LogP contribution is -1.96. The molecule has 27 heavy (non-hydrogen) atoms. The van der Waals surface area contributed by atoms with Crippen molar-refractivity contribution in [3.8, 4) is 22.6 Å². The fourth-order valence-electron chi connectivity index (χ4n) is 3.32. The third-order valence-corrected chi connectivity index (χ3v) is 5.65. The minimum atomic E-state index is 0.262. The molecule has 0 saturated heterocycles. The van der Waals surface area contributed by atoms with Gasteiger partial charge in [-0.3, -0.25) is 0 Å². The number of ether oxygens (including phenoxy) is 2. The van der Waals surface area contributed by atoms with Crippen molar-refractivity contribution in [2.75, 3.05) is 12.1 Å². The zero-order chi connectivity index (χ0) is 18.4. The molecule has 0 amide bonds. The van der Waals surface area contributed by atoms with Crippen molar-refractivity contribution in [2.45, 2.75) is 13.8 Å². The van der Waals surface area contributed by atoms with Gasteiger partial charge in [-0.2, -0.15) is 0 Å². The molecular formula is C21H17N3O2S. The van der Waals surface area contributed by atoms with Gasteiger partial charge in [0.15, 0.2) is 11.5 Å². The molecule has 6 heteroatoms. The molecule has 0 spiro atoms. The van der Waals surface area contributed by atoms with Crippen LogP contribution in [0.5, 0.6) is 11.5 Å². The molecule has 0 atom stereocenters. The van der Waals surface area contributed by atoms with Gasteiger partial charge in [0.1, 0.15) is 17.0 Å². The van der Waals surface area contributed by atoms with Crippen LogP contribution in [-0.2, 0) is 0 Å². The Hall–Kier alpha value is -3.12. The number of nitrogens with one attached hydrogen (secondary N) is 1. The first kappa shape index (κ1) is 16.1. The van der Waals surface area contributed by atoms with Gasteiger partial charge in [-0.25, -0.2) is 9.97 Å². The molecule has 4 aromatic rings. The normalized spacial score (nSPS) is 12.5. The number of benzene rings is 2. The third-order valence-electron chi connectivity index (χ3n) is 4.64. The molecule has 0 saturated carbocycles.